The molecule has 100 valence electrons. The molecule has 9 heteroatoms. The van der Waals surface area contributed by atoms with E-state index in [0.29, 0.717) is 5.56 Å². The molecule has 0 saturated carbocycles. The van der Waals surface area contributed by atoms with Crippen LogP contribution in [0.1, 0.15) is 5.56 Å². The molecule has 0 saturated heterocycles. The van der Waals surface area contributed by atoms with E-state index in [1.165, 1.54) is 18.7 Å². The Kier molecular flexibility index (Phi) is 3.19. The van der Waals surface area contributed by atoms with Crippen LogP contribution in [0.3, 0.4) is 0 Å². The summed E-state index contributed by atoms with van der Waals surface area (Å²) in [5, 5.41) is 0. The zero-order valence-corrected chi connectivity index (χ0v) is 9.64. The van der Waals surface area contributed by atoms with Gasteiger partial charge in [0.05, 0.1) is 12.7 Å². The van der Waals surface area contributed by atoms with E-state index in [0.717, 1.165) is 7.11 Å². The van der Waals surface area contributed by atoms with Crippen LogP contribution < -0.4 is 10.5 Å². The number of anilines is 1. The quantitative estimate of drug-likeness (QED) is 0.891. The number of hydrogen-bond donors (Lipinski definition) is 1. The Labute approximate surface area is 105 Å². The van der Waals surface area contributed by atoms with Gasteiger partial charge in [-0.15, -0.1) is 0 Å². The summed E-state index contributed by atoms with van der Waals surface area (Å²) in [5.41, 5.74) is 4.47. The van der Waals surface area contributed by atoms with Gasteiger partial charge in [0.2, 0.25) is 5.88 Å². The molecule has 0 atom stereocenters. The van der Waals surface area contributed by atoms with Gasteiger partial charge in [0.25, 0.3) is 0 Å². The van der Waals surface area contributed by atoms with Crippen molar-refractivity contribution in [3.8, 4) is 17.3 Å². The third-order valence-corrected chi connectivity index (χ3v) is 2.20. The average Bonchev–Trinajstić information content (AvgIpc) is 2.37. The van der Waals surface area contributed by atoms with Crippen molar-refractivity contribution in [1.29, 1.82) is 0 Å². The highest BCUT2D eigenvalue weighted by Crippen LogP contribution is 2.39. The Morgan fingerprint density at radius 3 is 2.32 bits per heavy atom. The van der Waals surface area contributed by atoms with Crippen molar-refractivity contribution in [2.45, 2.75) is 6.18 Å². The third-order valence-electron chi connectivity index (χ3n) is 2.20. The van der Waals surface area contributed by atoms with Gasteiger partial charge < -0.3 is 10.5 Å². The number of nitrogens with zero attached hydrogens (tertiary/aromatic N) is 4. The highest BCUT2D eigenvalue weighted by atomic mass is 19.4. The second-order valence-electron chi connectivity index (χ2n) is 3.44. The number of ether oxygens (including phenoxy) is 1. The van der Waals surface area contributed by atoms with Crippen LogP contribution in [0.4, 0.5) is 19.0 Å². The first-order chi connectivity index (χ1) is 8.93. The SMILES string of the molecule is COc1nc(-c2cncnc2)nc(N)c1C(F)(F)F. The molecule has 0 spiro atoms. The standard InChI is InChI=1S/C10H8F3N5O/c1-19-9-6(10(11,12)13)7(14)17-8(18-9)5-2-15-4-16-3-5/h2-4H,1H3,(H2,14,17,18). The second-order valence-corrected chi connectivity index (χ2v) is 3.44. The minimum Gasteiger partial charge on any atom is -0.480 e. The van der Waals surface area contributed by atoms with Crippen molar-refractivity contribution in [2.75, 3.05) is 12.8 Å². The summed E-state index contributed by atoms with van der Waals surface area (Å²) in [5.74, 6) is -1.39. The van der Waals surface area contributed by atoms with Gasteiger partial charge in [0.1, 0.15) is 12.1 Å². The third kappa shape index (κ3) is 2.54. The van der Waals surface area contributed by atoms with E-state index < -0.39 is 23.4 Å². The molecule has 0 aliphatic rings. The second kappa shape index (κ2) is 4.67. The maximum atomic E-state index is 12.8. The van der Waals surface area contributed by atoms with Gasteiger partial charge in [-0.25, -0.2) is 15.0 Å². The Balaban J connectivity index is 2.61. The summed E-state index contributed by atoms with van der Waals surface area (Å²) >= 11 is 0. The van der Waals surface area contributed by atoms with Crippen LogP contribution in [-0.2, 0) is 6.18 Å². The van der Waals surface area contributed by atoms with Gasteiger partial charge in [0, 0.05) is 12.4 Å². The van der Waals surface area contributed by atoms with Gasteiger partial charge in [-0.05, 0) is 0 Å². The lowest BCUT2D eigenvalue weighted by atomic mass is 10.2. The van der Waals surface area contributed by atoms with E-state index in [-0.39, 0.29) is 5.82 Å². The zero-order valence-electron chi connectivity index (χ0n) is 9.64. The smallest absolute Gasteiger partial charge is 0.425 e. The predicted molar refractivity (Wildman–Crippen MR) is 59.0 cm³/mol. The number of aromatic nitrogens is 4. The number of halogens is 3. The van der Waals surface area contributed by atoms with Crippen molar-refractivity contribution < 1.29 is 17.9 Å². The fourth-order valence-corrected chi connectivity index (χ4v) is 1.41. The number of rotatable bonds is 2. The molecular formula is C10H8F3N5O. The Morgan fingerprint density at radius 1 is 1.16 bits per heavy atom. The topological polar surface area (TPSA) is 86.8 Å². The zero-order chi connectivity index (χ0) is 14.0. The van der Waals surface area contributed by atoms with E-state index in [2.05, 4.69) is 24.7 Å². The normalized spacial score (nSPS) is 11.4. The molecule has 0 fully saturated rings. The number of methoxy groups -OCH3 is 1. The molecule has 0 aliphatic carbocycles. The molecule has 0 bridgehead atoms. The van der Waals surface area contributed by atoms with Crippen LogP contribution in [-0.4, -0.2) is 27.0 Å². The number of nitrogens with two attached hydrogens (primary N) is 1. The predicted octanol–water partition coefficient (Wildman–Crippen LogP) is 1.54. The molecule has 0 radical (unpaired) electrons. The highest BCUT2D eigenvalue weighted by Gasteiger charge is 2.39. The van der Waals surface area contributed by atoms with Gasteiger partial charge >= 0.3 is 6.18 Å². The molecule has 6 nitrogen and oxygen atoms in total. The van der Waals surface area contributed by atoms with E-state index in [9.17, 15) is 13.2 Å². The summed E-state index contributed by atoms with van der Waals surface area (Å²) in [7, 11) is 1.07. The van der Waals surface area contributed by atoms with Gasteiger partial charge in [0.15, 0.2) is 11.4 Å². The number of nitrogen functional groups attached to an aromatic ring is 1. The molecule has 19 heavy (non-hydrogen) atoms. The Bertz CT molecular complexity index is 588. The average molecular weight is 271 g/mol. The Morgan fingerprint density at radius 2 is 1.79 bits per heavy atom. The first-order valence-electron chi connectivity index (χ1n) is 4.97. The first kappa shape index (κ1) is 13.0. The van der Waals surface area contributed by atoms with Crippen molar-refractivity contribution in [1.82, 2.24) is 19.9 Å². The van der Waals surface area contributed by atoms with Crippen LogP contribution in [0, 0.1) is 0 Å². The number of alkyl halides is 3. The molecule has 0 aliphatic heterocycles. The molecule has 0 aromatic carbocycles. The maximum Gasteiger partial charge on any atom is 0.425 e. The van der Waals surface area contributed by atoms with Crippen molar-refractivity contribution in [3.63, 3.8) is 0 Å². The Hall–Kier alpha value is -2.45. The van der Waals surface area contributed by atoms with E-state index in [4.69, 9.17) is 5.73 Å². The summed E-state index contributed by atoms with van der Waals surface area (Å²) in [6.07, 6.45) is -0.710. The van der Waals surface area contributed by atoms with Crippen LogP contribution in [0.25, 0.3) is 11.4 Å². The van der Waals surface area contributed by atoms with Crippen LogP contribution in [0.15, 0.2) is 18.7 Å². The largest absolute Gasteiger partial charge is 0.480 e. The van der Waals surface area contributed by atoms with E-state index >= 15 is 0 Å². The molecule has 0 unspecified atom stereocenters. The van der Waals surface area contributed by atoms with Crippen molar-refractivity contribution in [3.05, 3.63) is 24.3 Å². The van der Waals surface area contributed by atoms with E-state index in [1.807, 2.05) is 0 Å². The van der Waals surface area contributed by atoms with Gasteiger partial charge in [-0.2, -0.15) is 18.2 Å². The maximum absolute atomic E-state index is 12.8. The molecule has 2 N–H and O–H groups in total. The number of hydrogen-bond acceptors (Lipinski definition) is 6. The molecule has 0 amide bonds. The summed E-state index contributed by atoms with van der Waals surface area (Å²) in [6, 6.07) is 0. The minimum atomic E-state index is -4.69. The highest BCUT2D eigenvalue weighted by molar-refractivity contribution is 5.59. The van der Waals surface area contributed by atoms with Gasteiger partial charge in [-0.3, -0.25) is 0 Å². The van der Waals surface area contributed by atoms with Crippen molar-refractivity contribution in [2.24, 2.45) is 0 Å². The summed E-state index contributed by atoms with van der Waals surface area (Å²) < 4.78 is 42.9. The summed E-state index contributed by atoms with van der Waals surface area (Å²) in [6.45, 7) is 0. The molecular weight excluding hydrogens is 263 g/mol. The molecule has 2 aromatic heterocycles. The molecule has 2 rings (SSSR count). The van der Waals surface area contributed by atoms with Crippen molar-refractivity contribution >= 4 is 5.82 Å². The lowest BCUT2D eigenvalue weighted by molar-refractivity contribution is -0.138. The summed E-state index contributed by atoms with van der Waals surface area (Å²) in [4.78, 5) is 14.7. The monoisotopic (exact) mass is 271 g/mol. The lowest BCUT2D eigenvalue weighted by Crippen LogP contribution is -2.14. The van der Waals surface area contributed by atoms with E-state index in [1.54, 1.807) is 0 Å². The molecule has 2 heterocycles. The first-order valence-corrected chi connectivity index (χ1v) is 4.97. The van der Waals surface area contributed by atoms with Gasteiger partial charge in [-0.1, -0.05) is 0 Å². The van der Waals surface area contributed by atoms with Crippen LogP contribution >= 0.6 is 0 Å². The van der Waals surface area contributed by atoms with Crippen LogP contribution in [0.2, 0.25) is 0 Å². The van der Waals surface area contributed by atoms with Crippen LogP contribution in [0.5, 0.6) is 5.88 Å². The fraction of sp³-hybridized carbons (Fsp3) is 0.200. The lowest BCUT2D eigenvalue weighted by Gasteiger charge is -2.13. The fourth-order valence-electron chi connectivity index (χ4n) is 1.41. The molecule has 2 aromatic rings. The minimum absolute atomic E-state index is 0.0389.